The lowest BCUT2D eigenvalue weighted by molar-refractivity contribution is -0.118. The molecule has 2 aromatic rings. The maximum absolute atomic E-state index is 11.6. The van der Waals surface area contributed by atoms with E-state index in [-0.39, 0.29) is 5.78 Å². The highest BCUT2D eigenvalue weighted by Crippen LogP contribution is 2.11. The van der Waals surface area contributed by atoms with Crippen LogP contribution in [-0.2, 0) is 17.6 Å². The van der Waals surface area contributed by atoms with Gasteiger partial charge in [0.15, 0.2) is 0 Å². The van der Waals surface area contributed by atoms with E-state index in [1.165, 1.54) is 11.3 Å². The van der Waals surface area contributed by atoms with Crippen molar-refractivity contribution >= 4 is 17.1 Å². The molecule has 2 aromatic heterocycles. The average molecular weight is 221 g/mol. The van der Waals surface area contributed by atoms with E-state index in [9.17, 15) is 4.79 Å². The first kappa shape index (κ1) is 10.1. The van der Waals surface area contributed by atoms with Crippen LogP contribution in [0.3, 0.4) is 0 Å². The molecule has 0 bridgehead atoms. The Morgan fingerprint density at radius 1 is 1.53 bits per heavy atom. The standard InChI is InChI=1S/C11H11NO2S/c1-8-7-15-11(12-8)6-9(13)5-10-3-2-4-14-10/h2-4,7H,5-6H2,1H3. The molecule has 3 nitrogen and oxygen atoms in total. The zero-order valence-corrected chi connectivity index (χ0v) is 9.21. The van der Waals surface area contributed by atoms with Crippen molar-refractivity contribution in [1.29, 1.82) is 0 Å². The highest BCUT2D eigenvalue weighted by Gasteiger charge is 2.09. The number of thiazole rings is 1. The van der Waals surface area contributed by atoms with E-state index in [4.69, 9.17) is 4.42 Å². The van der Waals surface area contributed by atoms with Crippen LogP contribution in [0.25, 0.3) is 0 Å². The smallest absolute Gasteiger partial charge is 0.147 e. The first-order valence-corrected chi connectivity index (χ1v) is 5.57. The van der Waals surface area contributed by atoms with E-state index >= 15 is 0 Å². The fourth-order valence-corrected chi connectivity index (χ4v) is 2.12. The van der Waals surface area contributed by atoms with Crippen LogP contribution >= 0.6 is 11.3 Å². The molecular formula is C11H11NO2S. The van der Waals surface area contributed by atoms with E-state index < -0.39 is 0 Å². The average Bonchev–Trinajstić information content (AvgIpc) is 2.77. The van der Waals surface area contributed by atoms with Gasteiger partial charge >= 0.3 is 0 Å². The third-order valence-corrected chi connectivity index (χ3v) is 2.93. The summed E-state index contributed by atoms with van der Waals surface area (Å²) in [5.41, 5.74) is 0.973. The van der Waals surface area contributed by atoms with Crippen molar-refractivity contribution in [1.82, 2.24) is 4.98 Å². The largest absolute Gasteiger partial charge is 0.469 e. The summed E-state index contributed by atoms with van der Waals surface area (Å²) in [7, 11) is 0. The Balaban J connectivity index is 1.93. The number of aryl methyl sites for hydroxylation is 1. The highest BCUT2D eigenvalue weighted by molar-refractivity contribution is 7.09. The van der Waals surface area contributed by atoms with Gasteiger partial charge in [0.1, 0.15) is 16.6 Å². The van der Waals surface area contributed by atoms with Crippen molar-refractivity contribution in [2.45, 2.75) is 19.8 Å². The molecule has 15 heavy (non-hydrogen) atoms. The molecule has 0 spiro atoms. The molecule has 4 heteroatoms. The summed E-state index contributed by atoms with van der Waals surface area (Å²) < 4.78 is 5.11. The molecule has 0 unspecified atom stereocenters. The number of ketones is 1. The number of hydrogen-bond acceptors (Lipinski definition) is 4. The summed E-state index contributed by atoms with van der Waals surface area (Å²) in [5, 5.41) is 2.83. The predicted molar refractivity (Wildman–Crippen MR) is 58.0 cm³/mol. The molecule has 0 aliphatic carbocycles. The van der Waals surface area contributed by atoms with Crippen molar-refractivity contribution in [3.05, 3.63) is 40.2 Å². The zero-order valence-electron chi connectivity index (χ0n) is 8.40. The molecule has 0 aliphatic rings. The fraction of sp³-hybridized carbons (Fsp3) is 0.273. The van der Waals surface area contributed by atoms with E-state index in [0.29, 0.717) is 18.6 Å². The Labute approximate surface area is 91.8 Å². The van der Waals surface area contributed by atoms with Gasteiger partial charge in [-0.15, -0.1) is 11.3 Å². The third kappa shape index (κ3) is 2.76. The van der Waals surface area contributed by atoms with Crippen molar-refractivity contribution in [2.24, 2.45) is 0 Å². The van der Waals surface area contributed by atoms with Crippen LogP contribution in [-0.4, -0.2) is 10.8 Å². The van der Waals surface area contributed by atoms with Crippen LogP contribution < -0.4 is 0 Å². The molecule has 0 amide bonds. The van der Waals surface area contributed by atoms with Crippen molar-refractivity contribution in [3.8, 4) is 0 Å². The third-order valence-electron chi connectivity index (χ3n) is 1.97. The van der Waals surface area contributed by atoms with Gasteiger partial charge in [0.05, 0.1) is 19.1 Å². The lowest BCUT2D eigenvalue weighted by Gasteiger charge is -1.94. The Morgan fingerprint density at radius 3 is 3.00 bits per heavy atom. The molecule has 0 fully saturated rings. The fourth-order valence-electron chi connectivity index (χ4n) is 1.32. The number of carbonyl (C=O) groups is 1. The number of furan rings is 1. The van der Waals surface area contributed by atoms with Crippen LogP contribution in [0.5, 0.6) is 0 Å². The molecule has 0 N–H and O–H groups in total. The first-order chi connectivity index (χ1) is 7.24. The Bertz CT molecular complexity index is 445. The Morgan fingerprint density at radius 2 is 2.40 bits per heavy atom. The highest BCUT2D eigenvalue weighted by atomic mass is 32.1. The van der Waals surface area contributed by atoms with Gasteiger partial charge in [-0.25, -0.2) is 4.98 Å². The van der Waals surface area contributed by atoms with Gasteiger partial charge in [-0.2, -0.15) is 0 Å². The number of carbonyl (C=O) groups excluding carboxylic acids is 1. The van der Waals surface area contributed by atoms with Crippen LogP contribution in [0.1, 0.15) is 16.5 Å². The quantitative estimate of drug-likeness (QED) is 0.796. The topological polar surface area (TPSA) is 43.1 Å². The van der Waals surface area contributed by atoms with Gasteiger partial charge in [-0.3, -0.25) is 4.79 Å². The molecule has 0 aromatic carbocycles. The molecule has 0 aliphatic heterocycles. The maximum Gasteiger partial charge on any atom is 0.147 e. The monoisotopic (exact) mass is 221 g/mol. The second-order valence-corrected chi connectivity index (χ2v) is 4.30. The number of rotatable bonds is 4. The Hall–Kier alpha value is -1.42. The van der Waals surface area contributed by atoms with Gasteiger partial charge in [0.25, 0.3) is 0 Å². The second kappa shape index (κ2) is 4.40. The lowest BCUT2D eigenvalue weighted by Crippen LogP contribution is -2.05. The van der Waals surface area contributed by atoms with Gasteiger partial charge in [-0.1, -0.05) is 0 Å². The summed E-state index contributed by atoms with van der Waals surface area (Å²) >= 11 is 1.53. The summed E-state index contributed by atoms with van der Waals surface area (Å²) in [5.74, 6) is 0.854. The van der Waals surface area contributed by atoms with Crippen molar-refractivity contribution < 1.29 is 9.21 Å². The minimum absolute atomic E-state index is 0.138. The van der Waals surface area contributed by atoms with Crippen molar-refractivity contribution in [3.63, 3.8) is 0 Å². The SMILES string of the molecule is Cc1csc(CC(=O)Cc2ccco2)n1. The zero-order chi connectivity index (χ0) is 10.7. The van der Waals surface area contributed by atoms with E-state index in [1.54, 1.807) is 12.3 Å². The molecular weight excluding hydrogens is 210 g/mol. The number of hydrogen-bond donors (Lipinski definition) is 0. The molecule has 0 saturated heterocycles. The summed E-state index contributed by atoms with van der Waals surface area (Å²) in [6, 6.07) is 3.60. The molecule has 0 atom stereocenters. The van der Waals surface area contributed by atoms with Crippen molar-refractivity contribution in [2.75, 3.05) is 0 Å². The summed E-state index contributed by atoms with van der Waals surface area (Å²) in [4.78, 5) is 15.8. The minimum atomic E-state index is 0.138. The molecule has 0 saturated carbocycles. The molecule has 0 radical (unpaired) electrons. The minimum Gasteiger partial charge on any atom is -0.469 e. The van der Waals surface area contributed by atoms with Crippen LogP contribution in [0.4, 0.5) is 0 Å². The second-order valence-electron chi connectivity index (χ2n) is 3.35. The molecule has 78 valence electrons. The van der Waals surface area contributed by atoms with Gasteiger partial charge < -0.3 is 4.42 Å². The Kier molecular flexibility index (Phi) is 2.97. The summed E-state index contributed by atoms with van der Waals surface area (Å²) in [6.45, 7) is 1.93. The van der Waals surface area contributed by atoms with Gasteiger partial charge in [-0.05, 0) is 19.1 Å². The lowest BCUT2D eigenvalue weighted by atomic mass is 10.2. The summed E-state index contributed by atoms with van der Waals surface area (Å²) in [6.07, 6.45) is 2.33. The van der Waals surface area contributed by atoms with E-state index in [2.05, 4.69) is 4.98 Å². The van der Waals surface area contributed by atoms with Crippen LogP contribution in [0.2, 0.25) is 0 Å². The number of nitrogens with zero attached hydrogens (tertiary/aromatic N) is 1. The number of Topliss-reactive ketones (excluding diaryl/α,β-unsaturated/α-hetero) is 1. The van der Waals surface area contributed by atoms with Gasteiger partial charge in [0, 0.05) is 11.1 Å². The molecule has 2 rings (SSSR count). The van der Waals surface area contributed by atoms with Crippen LogP contribution in [0, 0.1) is 6.92 Å². The maximum atomic E-state index is 11.6. The first-order valence-electron chi connectivity index (χ1n) is 4.69. The van der Waals surface area contributed by atoms with Gasteiger partial charge in [0.2, 0.25) is 0 Å². The predicted octanol–water partition coefficient (Wildman–Crippen LogP) is 2.40. The van der Waals surface area contributed by atoms with Crippen LogP contribution in [0.15, 0.2) is 28.2 Å². The number of aromatic nitrogens is 1. The normalized spacial score (nSPS) is 10.5. The molecule has 2 heterocycles. The van der Waals surface area contributed by atoms with E-state index in [0.717, 1.165) is 10.7 Å². The van der Waals surface area contributed by atoms with E-state index in [1.807, 2.05) is 18.4 Å².